The van der Waals surface area contributed by atoms with E-state index in [1.165, 1.54) is 32.4 Å². The third-order valence-electron chi connectivity index (χ3n) is 2.20. The van der Waals surface area contributed by atoms with Crippen LogP contribution in [0.5, 0.6) is 0 Å². The Labute approximate surface area is 63.6 Å². The van der Waals surface area contributed by atoms with Crippen molar-refractivity contribution in [1.82, 2.24) is 0 Å². The Bertz CT molecular complexity index is 85.3. The predicted octanol–water partition coefficient (Wildman–Crippen LogP) is -1.75. The molecular formula is C8H20N2+2. The Kier molecular flexibility index (Phi) is 3.16. The normalized spacial score (nSPS) is 27.3. The van der Waals surface area contributed by atoms with Crippen molar-refractivity contribution in [3.05, 3.63) is 0 Å². The molecule has 1 aliphatic heterocycles. The summed E-state index contributed by atoms with van der Waals surface area (Å²) in [5, 5.41) is 2.51. The number of quaternary nitrogens is 2. The van der Waals surface area contributed by atoms with Crippen LogP contribution >= 0.6 is 0 Å². The quantitative estimate of drug-likeness (QED) is 0.458. The van der Waals surface area contributed by atoms with Crippen LogP contribution in [0.1, 0.15) is 19.3 Å². The summed E-state index contributed by atoms with van der Waals surface area (Å²) in [7, 11) is 4.48. The second kappa shape index (κ2) is 3.94. The number of likely N-dealkylation sites (N-methyl/N-ethyl adjacent to an activating group) is 1. The molecule has 2 nitrogen and oxygen atoms in total. The minimum Gasteiger partial charge on any atom is -0.339 e. The molecule has 1 heterocycles. The summed E-state index contributed by atoms with van der Waals surface area (Å²) in [5.41, 5.74) is 0. The van der Waals surface area contributed by atoms with Crippen molar-refractivity contribution >= 4 is 0 Å². The number of hydrogen-bond donors (Lipinski definition) is 2. The van der Waals surface area contributed by atoms with E-state index in [1.807, 2.05) is 0 Å². The minimum atomic E-state index is 0.916. The zero-order valence-corrected chi connectivity index (χ0v) is 7.19. The van der Waals surface area contributed by atoms with Crippen molar-refractivity contribution < 1.29 is 10.2 Å². The van der Waals surface area contributed by atoms with E-state index in [-0.39, 0.29) is 0 Å². The molecule has 0 aromatic heterocycles. The minimum absolute atomic E-state index is 0.916. The second-order valence-corrected chi connectivity index (χ2v) is 3.69. The lowest BCUT2D eigenvalue weighted by atomic mass is 10.1. The molecule has 0 aromatic rings. The van der Waals surface area contributed by atoms with Gasteiger partial charge in [0.05, 0.1) is 20.6 Å². The molecule has 3 N–H and O–H groups in total. The number of nitrogens with two attached hydrogens (primary N) is 1. The highest BCUT2D eigenvalue weighted by molar-refractivity contribution is 4.56. The van der Waals surface area contributed by atoms with E-state index in [9.17, 15) is 0 Å². The average molecular weight is 144 g/mol. The van der Waals surface area contributed by atoms with Crippen LogP contribution in [-0.2, 0) is 0 Å². The van der Waals surface area contributed by atoms with E-state index in [1.54, 1.807) is 4.90 Å². The molecule has 0 radical (unpaired) electrons. The first-order valence-corrected chi connectivity index (χ1v) is 4.41. The molecule has 2 heteroatoms. The zero-order valence-electron chi connectivity index (χ0n) is 7.19. The van der Waals surface area contributed by atoms with Gasteiger partial charge in [0.25, 0.3) is 0 Å². The van der Waals surface area contributed by atoms with Gasteiger partial charge in [-0.25, -0.2) is 0 Å². The number of piperidine rings is 1. The van der Waals surface area contributed by atoms with Crippen LogP contribution in [0.15, 0.2) is 0 Å². The smallest absolute Gasteiger partial charge is 0.135 e. The Morgan fingerprint density at radius 3 is 2.70 bits per heavy atom. The molecule has 0 aromatic carbocycles. The monoisotopic (exact) mass is 144 g/mol. The van der Waals surface area contributed by atoms with Gasteiger partial charge in [-0.15, -0.1) is 0 Å². The van der Waals surface area contributed by atoms with Gasteiger partial charge in [0.2, 0.25) is 0 Å². The van der Waals surface area contributed by atoms with E-state index in [4.69, 9.17) is 0 Å². The summed E-state index contributed by atoms with van der Waals surface area (Å²) in [6.07, 6.45) is 4.32. The topological polar surface area (TPSA) is 21.1 Å². The molecular weight excluding hydrogens is 124 g/mol. The first-order chi connectivity index (χ1) is 4.79. The number of rotatable bonds is 2. The molecule has 0 saturated carbocycles. The molecule has 0 unspecified atom stereocenters. The Morgan fingerprint density at radius 2 is 2.20 bits per heavy atom. The van der Waals surface area contributed by atoms with Crippen molar-refractivity contribution in [1.29, 1.82) is 0 Å². The standard InChI is InChI=1S/C8H18N2/c1-10(2)7-8-5-3-4-6-9-8/h8-9H,3-7H2,1-2H3/p+2/t8-/m0/s1. The summed E-state index contributed by atoms with van der Waals surface area (Å²) >= 11 is 0. The molecule has 1 aliphatic rings. The van der Waals surface area contributed by atoms with Gasteiger partial charge in [-0.2, -0.15) is 0 Å². The van der Waals surface area contributed by atoms with E-state index < -0.39 is 0 Å². The molecule has 10 heavy (non-hydrogen) atoms. The number of hydrogen-bond acceptors (Lipinski definition) is 0. The fourth-order valence-electron chi connectivity index (χ4n) is 1.73. The Morgan fingerprint density at radius 1 is 1.40 bits per heavy atom. The van der Waals surface area contributed by atoms with Crippen molar-refractivity contribution in [2.45, 2.75) is 25.3 Å². The van der Waals surface area contributed by atoms with Crippen LogP contribution in [0.2, 0.25) is 0 Å². The Balaban J connectivity index is 2.13. The maximum atomic E-state index is 2.51. The molecule has 1 fully saturated rings. The van der Waals surface area contributed by atoms with Crippen LogP contribution in [0.25, 0.3) is 0 Å². The summed E-state index contributed by atoms with van der Waals surface area (Å²) in [4.78, 5) is 1.59. The first-order valence-electron chi connectivity index (χ1n) is 4.41. The van der Waals surface area contributed by atoms with Crippen molar-refractivity contribution in [2.75, 3.05) is 27.2 Å². The maximum Gasteiger partial charge on any atom is 0.135 e. The van der Waals surface area contributed by atoms with Gasteiger partial charge in [-0.1, -0.05) is 0 Å². The highest BCUT2D eigenvalue weighted by Crippen LogP contribution is 1.98. The molecule has 0 bridgehead atoms. The van der Waals surface area contributed by atoms with Gasteiger partial charge < -0.3 is 10.2 Å². The van der Waals surface area contributed by atoms with Crippen molar-refractivity contribution in [3.8, 4) is 0 Å². The third kappa shape index (κ3) is 2.67. The lowest BCUT2D eigenvalue weighted by molar-refractivity contribution is -0.884. The van der Waals surface area contributed by atoms with Crippen molar-refractivity contribution in [2.24, 2.45) is 0 Å². The van der Waals surface area contributed by atoms with E-state index in [0.717, 1.165) is 6.04 Å². The fourth-order valence-corrected chi connectivity index (χ4v) is 1.73. The van der Waals surface area contributed by atoms with Crippen LogP contribution in [0.3, 0.4) is 0 Å². The van der Waals surface area contributed by atoms with E-state index in [0.29, 0.717) is 0 Å². The molecule has 0 aliphatic carbocycles. The highest BCUT2D eigenvalue weighted by atomic mass is 15.1. The molecule has 0 spiro atoms. The highest BCUT2D eigenvalue weighted by Gasteiger charge is 2.18. The van der Waals surface area contributed by atoms with E-state index >= 15 is 0 Å². The molecule has 0 amide bonds. The lowest BCUT2D eigenvalue weighted by Gasteiger charge is -2.20. The molecule has 1 saturated heterocycles. The van der Waals surface area contributed by atoms with Gasteiger partial charge in [-0.05, 0) is 12.8 Å². The van der Waals surface area contributed by atoms with Crippen LogP contribution < -0.4 is 10.2 Å². The average Bonchev–Trinajstić information content (AvgIpc) is 1.88. The predicted molar refractivity (Wildman–Crippen MR) is 42.1 cm³/mol. The van der Waals surface area contributed by atoms with Crippen LogP contribution in [0.4, 0.5) is 0 Å². The molecule has 1 rings (SSSR count). The van der Waals surface area contributed by atoms with Gasteiger partial charge in [0.1, 0.15) is 12.6 Å². The summed E-state index contributed by atoms with van der Waals surface area (Å²) in [6, 6.07) is 0.916. The van der Waals surface area contributed by atoms with E-state index in [2.05, 4.69) is 19.4 Å². The zero-order chi connectivity index (χ0) is 7.40. The van der Waals surface area contributed by atoms with Crippen LogP contribution in [-0.4, -0.2) is 33.2 Å². The van der Waals surface area contributed by atoms with Gasteiger partial charge >= 0.3 is 0 Å². The SMILES string of the molecule is C[NH+](C)C[C@@H]1CCCC[NH2+]1. The number of nitrogens with one attached hydrogen (secondary N) is 1. The summed E-state index contributed by atoms with van der Waals surface area (Å²) in [6.45, 7) is 2.69. The second-order valence-electron chi connectivity index (χ2n) is 3.69. The third-order valence-corrected chi connectivity index (χ3v) is 2.20. The van der Waals surface area contributed by atoms with Crippen molar-refractivity contribution in [3.63, 3.8) is 0 Å². The summed E-state index contributed by atoms with van der Waals surface area (Å²) < 4.78 is 0. The summed E-state index contributed by atoms with van der Waals surface area (Å²) in [5.74, 6) is 0. The largest absolute Gasteiger partial charge is 0.339 e. The Hall–Kier alpha value is -0.0800. The van der Waals surface area contributed by atoms with Crippen LogP contribution in [0, 0.1) is 0 Å². The van der Waals surface area contributed by atoms with Gasteiger partial charge in [-0.3, -0.25) is 0 Å². The lowest BCUT2D eigenvalue weighted by Crippen LogP contribution is -3.11. The maximum absolute atomic E-state index is 2.51. The van der Waals surface area contributed by atoms with Gasteiger partial charge in [0.15, 0.2) is 0 Å². The molecule has 60 valence electrons. The first kappa shape index (κ1) is 8.02. The van der Waals surface area contributed by atoms with Gasteiger partial charge in [0, 0.05) is 6.42 Å². The fraction of sp³-hybridized carbons (Fsp3) is 1.00. The molecule has 1 atom stereocenters.